The molecule has 1 fully saturated rings. The summed E-state index contributed by atoms with van der Waals surface area (Å²) in [6.07, 6.45) is -0.205. The maximum atomic E-state index is 12.6. The molecule has 2 aromatic carbocycles. The minimum absolute atomic E-state index is 0.100. The van der Waals surface area contributed by atoms with E-state index < -0.39 is 17.9 Å². The van der Waals surface area contributed by atoms with Gasteiger partial charge in [-0.3, -0.25) is 24.7 Å². The van der Waals surface area contributed by atoms with Crippen LogP contribution in [-0.2, 0) is 9.59 Å². The first kappa shape index (κ1) is 22.5. The van der Waals surface area contributed by atoms with Crippen molar-refractivity contribution in [3.8, 4) is 5.75 Å². The molecule has 2 N–H and O–H groups in total. The number of hydrazine groups is 1. The highest BCUT2D eigenvalue weighted by molar-refractivity contribution is 7.80. The predicted octanol–water partition coefficient (Wildman–Crippen LogP) is 2.84. The van der Waals surface area contributed by atoms with E-state index in [9.17, 15) is 14.4 Å². The van der Waals surface area contributed by atoms with Crippen LogP contribution in [-0.4, -0.2) is 52.4 Å². The predicted molar refractivity (Wildman–Crippen MR) is 121 cm³/mol. The number of hydrogen-bond donors (Lipinski definition) is 2. The number of hydrogen-bond acceptors (Lipinski definition) is 5. The Hall–Kier alpha value is -3.17. The second kappa shape index (κ2) is 9.76. The van der Waals surface area contributed by atoms with Gasteiger partial charge in [-0.15, -0.1) is 0 Å². The Morgan fingerprint density at radius 1 is 1.19 bits per heavy atom. The minimum atomic E-state index is -0.969. The molecule has 1 unspecified atom stereocenters. The van der Waals surface area contributed by atoms with Gasteiger partial charge < -0.3 is 10.1 Å². The summed E-state index contributed by atoms with van der Waals surface area (Å²) in [5, 5.41) is 4.58. The van der Waals surface area contributed by atoms with E-state index >= 15 is 0 Å². The first-order chi connectivity index (χ1) is 14.8. The molecule has 162 valence electrons. The zero-order valence-corrected chi connectivity index (χ0v) is 18.5. The number of likely N-dealkylation sites (N-methyl/N-ethyl adjacent to an activating group) is 1. The smallest absolute Gasteiger partial charge is 0.269 e. The third-order valence-corrected chi connectivity index (χ3v) is 5.28. The number of carbonyl (C=O) groups is 3. The highest BCUT2D eigenvalue weighted by Gasteiger charge is 2.42. The Morgan fingerprint density at radius 3 is 2.58 bits per heavy atom. The molecule has 0 aliphatic carbocycles. The van der Waals surface area contributed by atoms with Crippen molar-refractivity contribution in [2.45, 2.75) is 19.4 Å². The molecule has 0 radical (unpaired) electrons. The van der Waals surface area contributed by atoms with Crippen molar-refractivity contribution >= 4 is 52.3 Å². The van der Waals surface area contributed by atoms with E-state index in [-0.39, 0.29) is 17.4 Å². The number of amides is 3. The van der Waals surface area contributed by atoms with Crippen LogP contribution >= 0.6 is 23.8 Å². The molecule has 8 nitrogen and oxygen atoms in total. The molecule has 10 heteroatoms. The van der Waals surface area contributed by atoms with E-state index in [0.717, 1.165) is 0 Å². The molecule has 3 amide bonds. The number of nitrogens with one attached hydrogen (secondary N) is 2. The van der Waals surface area contributed by atoms with Gasteiger partial charge in [-0.25, -0.2) is 5.01 Å². The van der Waals surface area contributed by atoms with Crippen LogP contribution in [0.15, 0.2) is 48.5 Å². The van der Waals surface area contributed by atoms with Gasteiger partial charge >= 0.3 is 0 Å². The van der Waals surface area contributed by atoms with Gasteiger partial charge in [0.2, 0.25) is 5.91 Å². The second-order valence-corrected chi connectivity index (χ2v) is 7.53. The molecule has 0 aromatic heterocycles. The van der Waals surface area contributed by atoms with Crippen LogP contribution in [0.5, 0.6) is 5.75 Å². The first-order valence-corrected chi connectivity index (χ1v) is 10.3. The van der Waals surface area contributed by atoms with E-state index in [4.69, 9.17) is 28.6 Å². The van der Waals surface area contributed by atoms with Gasteiger partial charge in [-0.05, 0) is 55.5 Å². The first-order valence-electron chi connectivity index (χ1n) is 9.50. The van der Waals surface area contributed by atoms with Crippen molar-refractivity contribution in [1.29, 1.82) is 0 Å². The van der Waals surface area contributed by atoms with E-state index in [2.05, 4.69) is 10.7 Å². The number of anilines is 1. The number of ether oxygens (including phenoxy) is 1. The van der Waals surface area contributed by atoms with Crippen molar-refractivity contribution in [1.82, 2.24) is 15.3 Å². The van der Waals surface area contributed by atoms with Gasteiger partial charge in [0.15, 0.2) is 5.11 Å². The lowest BCUT2D eigenvalue weighted by Crippen LogP contribution is -2.49. The summed E-state index contributed by atoms with van der Waals surface area (Å²) in [5.74, 6) is -0.651. The summed E-state index contributed by atoms with van der Waals surface area (Å²) in [5.41, 5.74) is 3.49. The Kier molecular flexibility index (Phi) is 7.09. The van der Waals surface area contributed by atoms with E-state index in [1.165, 1.54) is 17.0 Å². The third-order valence-electron chi connectivity index (χ3n) is 4.56. The summed E-state index contributed by atoms with van der Waals surface area (Å²) >= 11 is 11.1. The van der Waals surface area contributed by atoms with Gasteiger partial charge in [0, 0.05) is 29.4 Å². The summed E-state index contributed by atoms with van der Waals surface area (Å²) in [6.45, 7) is 2.36. The fourth-order valence-electron chi connectivity index (χ4n) is 3.02. The number of carbonyl (C=O) groups excluding carboxylic acids is 3. The van der Waals surface area contributed by atoms with Gasteiger partial charge in [-0.2, -0.15) is 0 Å². The van der Waals surface area contributed by atoms with Crippen LogP contribution in [0.2, 0.25) is 5.02 Å². The molecule has 0 bridgehead atoms. The number of benzene rings is 2. The van der Waals surface area contributed by atoms with Crippen molar-refractivity contribution in [3.63, 3.8) is 0 Å². The highest BCUT2D eigenvalue weighted by Crippen LogP contribution is 2.21. The zero-order valence-electron chi connectivity index (χ0n) is 16.9. The molecular formula is C21H21ClN4O4S. The van der Waals surface area contributed by atoms with Crippen molar-refractivity contribution in [2.24, 2.45) is 0 Å². The van der Waals surface area contributed by atoms with Crippen molar-refractivity contribution in [3.05, 3.63) is 59.1 Å². The average Bonchev–Trinajstić information content (AvgIpc) is 2.93. The lowest BCUT2D eigenvalue weighted by atomic mass is 10.2. The Morgan fingerprint density at radius 2 is 1.90 bits per heavy atom. The minimum Gasteiger partial charge on any atom is -0.494 e. The van der Waals surface area contributed by atoms with Crippen molar-refractivity contribution < 1.29 is 19.1 Å². The molecule has 2 aromatic rings. The summed E-state index contributed by atoms with van der Waals surface area (Å²) in [4.78, 5) is 39.1. The molecule has 1 heterocycles. The second-order valence-electron chi connectivity index (χ2n) is 6.73. The van der Waals surface area contributed by atoms with Crippen LogP contribution in [0.25, 0.3) is 0 Å². The Bertz CT molecular complexity index is 1010. The summed E-state index contributed by atoms with van der Waals surface area (Å²) in [6, 6.07) is 12.2. The van der Waals surface area contributed by atoms with Crippen LogP contribution in [0, 0.1) is 0 Å². The third kappa shape index (κ3) is 5.31. The molecule has 31 heavy (non-hydrogen) atoms. The molecule has 1 atom stereocenters. The van der Waals surface area contributed by atoms with Crippen LogP contribution in [0.1, 0.15) is 23.7 Å². The summed E-state index contributed by atoms with van der Waals surface area (Å²) < 4.78 is 5.42. The largest absolute Gasteiger partial charge is 0.494 e. The number of halogens is 1. The molecule has 0 spiro atoms. The van der Waals surface area contributed by atoms with Crippen molar-refractivity contribution in [2.75, 3.05) is 19.0 Å². The standard InChI is InChI=1S/C21H21ClN4O4S/c1-3-30-16-6-4-5-15(11-16)23-18(27)12-17-20(29)25(2)21(31)26(17)24-19(28)13-7-9-14(22)10-8-13/h4-11,17H,3,12H2,1-2H3,(H,23,27)(H,24,28). The monoisotopic (exact) mass is 460 g/mol. The quantitative estimate of drug-likeness (QED) is 0.617. The lowest BCUT2D eigenvalue weighted by molar-refractivity contribution is -0.130. The number of rotatable bonds is 7. The van der Waals surface area contributed by atoms with Gasteiger partial charge in [0.05, 0.1) is 13.0 Å². The summed E-state index contributed by atoms with van der Waals surface area (Å²) in [7, 11) is 1.50. The molecule has 1 saturated heterocycles. The zero-order chi connectivity index (χ0) is 22.5. The highest BCUT2D eigenvalue weighted by atomic mass is 35.5. The van der Waals surface area contributed by atoms with Crippen LogP contribution < -0.4 is 15.5 Å². The maximum Gasteiger partial charge on any atom is 0.269 e. The molecule has 1 aliphatic heterocycles. The molecule has 1 aliphatic rings. The molecular weight excluding hydrogens is 440 g/mol. The number of thiocarbonyl (C=S) groups is 1. The fourth-order valence-corrected chi connectivity index (χ4v) is 3.41. The maximum absolute atomic E-state index is 12.6. The van der Waals surface area contributed by atoms with E-state index in [0.29, 0.717) is 28.6 Å². The lowest BCUT2D eigenvalue weighted by Gasteiger charge is -2.24. The SMILES string of the molecule is CCOc1cccc(NC(=O)CC2C(=O)N(C)C(=S)N2NC(=O)c2ccc(Cl)cc2)c1. The fraction of sp³-hybridized carbons (Fsp3) is 0.238. The molecule has 3 rings (SSSR count). The molecule has 0 saturated carbocycles. The normalized spacial score (nSPS) is 15.8. The van der Waals surface area contributed by atoms with Crippen LogP contribution in [0.3, 0.4) is 0 Å². The average molecular weight is 461 g/mol. The van der Waals surface area contributed by atoms with Gasteiger partial charge in [-0.1, -0.05) is 17.7 Å². The Balaban J connectivity index is 1.71. The van der Waals surface area contributed by atoms with E-state index in [1.807, 2.05) is 6.92 Å². The topological polar surface area (TPSA) is 91.0 Å². The van der Waals surface area contributed by atoms with Gasteiger partial charge in [0.25, 0.3) is 11.8 Å². The number of nitrogens with zero attached hydrogens (tertiary/aromatic N) is 2. The van der Waals surface area contributed by atoms with E-state index in [1.54, 1.807) is 48.5 Å². The Labute approximate surface area is 190 Å². The van der Waals surface area contributed by atoms with Crippen LogP contribution in [0.4, 0.5) is 5.69 Å². The van der Waals surface area contributed by atoms with Gasteiger partial charge in [0.1, 0.15) is 11.8 Å².